The third-order valence-electron chi connectivity index (χ3n) is 7.69. The van der Waals surface area contributed by atoms with Crippen LogP contribution >= 0.6 is 23.2 Å². The normalized spacial score (nSPS) is 14.7. The van der Waals surface area contributed by atoms with Gasteiger partial charge in [0.2, 0.25) is 11.8 Å². The number of sulfonamides is 1. The molecule has 0 bridgehead atoms. The molecule has 1 saturated carbocycles. The van der Waals surface area contributed by atoms with Gasteiger partial charge in [-0.3, -0.25) is 13.9 Å². The first-order valence-corrected chi connectivity index (χ1v) is 16.4. The molecule has 0 radical (unpaired) electrons. The Balaban J connectivity index is 1.67. The summed E-state index contributed by atoms with van der Waals surface area (Å²) in [5, 5.41) is 3.29. The molecule has 7 nitrogen and oxygen atoms in total. The maximum absolute atomic E-state index is 14.1. The fourth-order valence-corrected chi connectivity index (χ4v) is 7.05. The molecule has 224 valence electrons. The summed E-state index contributed by atoms with van der Waals surface area (Å²) in [5.74, 6) is -0.777. The van der Waals surface area contributed by atoms with Crippen LogP contribution in [-0.4, -0.2) is 50.3 Å². The van der Waals surface area contributed by atoms with Crippen molar-refractivity contribution in [3.8, 4) is 0 Å². The molecular weight excluding hydrogens is 593 g/mol. The molecule has 10 heteroatoms. The lowest BCUT2D eigenvalue weighted by Crippen LogP contribution is -2.53. The van der Waals surface area contributed by atoms with Crippen LogP contribution in [0.25, 0.3) is 0 Å². The van der Waals surface area contributed by atoms with Crippen molar-refractivity contribution in [3.05, 3.63) is 94.0 Å². The molecule has 1 N–H and O–H groups in total. The van der Waals surface area contributed by atoms with Crippen molar-refractivity contribution in [2.45, 2.75) is 69.4 Å². The minimum Gasteiger partial charge on any atom is -0.352 e. The Morgan fingerprint density at radius 3 is 2.26 bits per heavy atom. The Hall–Kier alpha value is -3.07. The number of benzene rings is 3. The van der Waals surface area contributed by atoms with E-state index in [1.54, 1.807) is 31.2 Å². The first-order chi connectivity index (χ1) is 20.1. The first kappa shape index (κ1) is 31.9. The summed E-state index contributed by atoms with van der Waals surface area (Å²) in [7, 11) is -4.23. The van der Waals surface area contributed by atoms with E-state index in [0.717, 1.165) is 47.5 Å². The van der Waals surface area contributed by atoms with E-state index >= 15 is 0 Å². The van der Waals surface area contributed by atoms with E-state index < -0.39 is 28.5 Å². The van der Waals surface area contributed by atoms with Gasteiger partial charge in [0.05, 0.1) is 20.6 Å². The molecule has 2 amide bonds. The third kappa shape index (κ3) is 7.85. The Labute approximate surface area is 258 Å². The number of carbonyl (C=O) groups is 2. The van der Waals surface area contributed by atoms with Crippen LogP contribution in [0.1, 0.15) is 50.2 Å². The summed E-state index contributed by atoms with van der Waals surface area (Å²) in [6.45, 7) is 3.21. The molecule has 0 unspecified atom stereocenters. The van der Waals surface area contributed by atoms with Gasteiger partial charge in [-0.2, -0.15) is 0 Å². The predicted molar refractivity (Wildman–Crippen MR) is 169 cm³/mol. The summed E-state index contributed by atoms with van der Waals surface area (Å²) in [6, 6.07) is 19.9. The van der Waals surface area contributed by atoms with Crippen molar-refractivity contribution < 1.29 is 18.0 Å². The van der Waals surface area contributed by atoms with E-state index in [1.807, 2.05) is 37.3 Å². The van der Waals surface area contributed by atoms with Crippen LogP contribution in [0.15, 0.2) is 77.7 Å². The van der Waals surface area contributed by atoms with Gasteiger partial charge in [0.15, 0.2) is 0 Å². The van der Waals surface area contributed by atoms with Crippen LogP contribution in [0.5, 0.6) is 0 Å². The van der Waals surface area contributed by atoms with Crippen LogP contribution in [0.4, 0.5) is 5.69 Å². The molecular formula is C32H37Cl2N3O4S. The smallest absolute Gasteiger partial charge is 0.264 e. The number of aryl methyl sites for hydroxylation is 1. The molecule has 1 atom stereocenters. The summed E-state index contributed by atoms with van der Waals surface area (Å²) in [4.78, 5) is 28.9. The molecule has 1 fully saturated rings. The minimum absolute atomic E-state index is 0.0101. The fourth-order valence-electron chi connectivity index (χ4n) is 5.17. The molecule has 3 aromatic carbocycles. The van der Waals surface area contributed by atoms with Gasteiger partial charge in [-0.15, -0.1) is 0 Å². The molecule has 1 aliphatic rings. The second-order valence-corrected chi connectivity index (χ2v) is 13.4. The number of nitrogens with one attached hydrogen (secondary N) is 1. The number of carbonyl (C=O) groups excluding carboxylic acids is 2. The second-order valence-electron chi connectivity index (χ2n) is 10.7. The van der Waals surface area contributed by atoms with Crippen LogP contribution in [-0.2, 0) is 26.0 Å². The van der Waals surface area contributed by atoms with Gasteiger partial charge in [-0.1, -0.05) is 96.6 Å². The zero-order valence-corrected chi connectivity index (χ0v) is 26.3. The quantitative estimate of drug-likeness (QED) is 0.266. The topological polar surface area (TPSA) is 86.8 Å². The van der Waals surface area contributed by atoms with Gasteiger partial charge in [0, 0.05) is 12.6 Å². The van der Waals surface area contributed by atoms with E-state index in [-0.39, 0.29) is 39.1 Å². The number of hydrogen-bond donors (Lipinski definition) is 1. The summed E-state index contributed by atoms with van der Waals surface area (Å²) in [6.07, 6.45) is 5.58. The van der Waals surface area contributed by atoms with Gasteiger partial charge in [-0.25, -0.2) is 8.42 Å². The Morgan fingerprint density at radius 1 is 0.929 bits per heavy atom. The molecule has 42 heavy (non-hydrogen) atoms. The van der Waals surface area contributed by atoms with Gasteiger partial charge in [0.25, 0.3) is 10.0 Å². The van der Waals surface area contributed by atoms with Crippen LogP contribution in [0.3, 0.4) is 0 Å². The van der Waals surface area contributed by atoms with E-state index in [1.165, 1.54) is 23.1 Å². The fraction of sp³-hybridized carbons (Fsp3) is 0.375. The monoisotopic (exact) mass is 629 g/mol. The molecule has 0 spiro atoms. The van der Waals surface area contributed by atoms with Crippen molar-refractivity contribution >= 4 is 50.7 Å². The van der Waals surface area contributed by atoms with Gasteiger partial charge in [-0.05, 0) is 62.9 Å². The maximum atomic E-state index is 14.1. The first-order valence-electron chi connectivity index (χ1n) is 14.2. The summed E-state index contributed by atoms with van der Waals surface area (Å²) in [5.41, 5.74) is 1.97. The number of rotatable bonds is 11. The highest BCUT2D eigenvalue weighted by Gasteiger charge is 2.34. The highest BCUT2D eigenvalue weighted by molar-refractivity contribution is 7.92. The lowest BCUT2D eigenvalue weighted by molar-refractivity contribution is -0.139. The second kappa shape index (κ2) is 14.4. The molecule has 4 rings (SSSR count). The zero-order chi connectivity index (χ0) is 30.3. The molecule has 0 heterocycles. The highest BCUT2D eigenvalue weighted by Crippen LogP contribution is 2.35. The third-order valence-corrected chi connectivity index (χ3v) is 10.3. The molecule has 0 saturated heterocycles. The Morgan fingerprint density at radius 2 is 1.60 bits per heavy atom. The molecule has 3 aromatic rings. The lowest BCUT2D eigenvalue weighted by atomic mass is 9.95. The van der Waals surface area contributed by atoms with E-state index in [9.17, 15) is 18.0 Å². The van der Waals surface area contributed by atoms with E-state index in [0.29, 0.717) is 6.42 Å². The molecule has 0 aromatic heterocycles. The SMILES string of the molecule is Cc1ccc(S(=O)(=O)N(CC(=O)N(CCc2ccccc2)[C@H](C)C(=O)NC2CCCCC2)c2cccc(Cl)c2Cl)cc1. The van der Waals surface area contributed by atoms with Crippen molar-refractivity contribution in [2.24, 2.45) is 0 Å². The standard InChI is InChI=1S/C32H37Cl2N3O4S/c1-23-16-18-27(19-17-23)42(40,41)37(29-15-9-14-28(33)31(29)34)22-30(38)36(21-20-25-10-5-3-6-11-25)24(2)32(39)35-26-12-7-4-8-13-26/h3,5-6,9-11,14-19,24,26H,4,7-8,12-13,20-22H2,1-2H3,(H,35,39)/t24-/m1/s1. The summed E-state index contributed by atoms with van der Waals surface area (Å²) < 4.78 is 29.0. The number of hydrogen-bond acceptors (Lipinski definition) is 4. The number of halogens is 2. The van der Waals surface area contributed by atoms with Gasteiger partial charge < -0.3 is 10.2 Å². The highest BCUT2D eigenvalue weighted by atomic mass is 35.5. The zero-order valence-electron chi connectivity index (χ0n) is 23.9. The average Bonchev–Trinajstić information content (AvgIpc) is 2.98. The van der Waals surface area contributed by atoms with E-state index in [2.05, 4.69) is 5.32 Å². The van der Waals surface area contributed by atoms with Crippen LogP contribution in [0.2, 0.25) is 10.0 Å². The van der Waals surface area contributed by atoms with Gasteiger partial charge in [0.1, 0.15) is 12.6 Å². The Bertz CT molecular complexity index is 1480. The number of amides is 2. The van der Waals surface area contributed by atoms with Crippen molar-refractivity contribution in [3.63, 3.8) is 0 Å². The summed E-state index contributed by atoms with van der Waals surface area (Å²) >= 11 is 12.8. The predicted octanol–water partition coefficient (Wildman–Crippen LogP) is 6.41. The molecule has 1 aliphatic carbocycles. The van der Waals surface area contributed by atoms with E-state index in [4.69, 9.17) is 23.2 Å². The average molecular weight is 631 g/mol. The maximum Gasteiger partial charge on any atom is 0.264 e. The largest absolute Gasteiger partial charge is 0.352 e. The van der Waals surface area contributed by atoms with Crippen molar-refractivity contribution in [2.75, 3.05) is 17.4 Å². The van der Waals surface area contributed by atoms with Crippen molar-refractivity contribution in [1.29, 1.82) is 0 Å². The lowest BCUT2D eigenvalue weighted by Gasteiger charge is -2.33. The van der Waals surface area contributed by atoms with Crippen molar-refractivity contribution in [1.82, 2.24) is 10.2 Å². The number of anilines is 1. The van der Waals surface area contributed by atoms with Gasteiger partial charge >= 0.3 is 0 Å². The molecule has 0 aliphatic heterocycles. The number of nitrogens with zero attached hydrogens (tertiary/aromatic N) is 2. The Kier molecular flexibility index (Phi) is 10.9. The van der Waals surface area contributed by atoms with Crippen LogP contribution in [0, 0.1) is 6.92 Å². The minimum atomic E-state index is -4.23. The van der Waals surface area contributed by atoms with Crippen LogP contribution < -0.4 is 9.62 Å².